The van der Waals surface area contributed by atoms with Crippen molar-refractivity contribution in [2.75, 3.05) is 18.5 Å². The second-order valence-corrected chi connectivity index (χ2v) is 7.31. The molecule has 0 atom stereocenters. The van der Waals surface area contributed by atoms with E-state index in [0.717, 1.165) is 11.3 Å². The third kappa shape index (κ3) is 4.96. The first kappa shape index (κ1) is 20.9. The quantitative estimate of drug-likeness (QED) is 0.475. The van der Waals surface area contributed by atoms with Gasteiger partial charge >= 0.3 is 5.97 Å². The largest absolute Gasteiger partial charge is 0.494 e. The Labute approximate surface area is 178 Å². The van der Waals surface area contributed by atoms with Gasteiger partial charge in [-0.05, 0) is 55.8 Å². The number of benzene rings is 2. The molecule has 0 unspecified atom stereocenters. The van der Waals surface area contributed by atoms with Crippen molar-refractivity contribution in [3.8, 4) is 16.9 Å². The number of rotatable bonds is 7. The predicted octanol–water partition coefficient (Wildman–Crippen LogP) is 5.90. The number of esters is 1. The highest BCUT2D eigenvalue weighted by molar-refractivity contribution is 7.15. The zero-order chi connectivity index (χ0) is 20.8. The maximum absolute atomic E-state index is 12.6. The van der Waals surface area contributed by atoms with Crippen LogP contribution >= 0.6 is 22.9 Å². The van der Waals surface area contributed by atoms with Crippen LogP contribution < -0.4 is 10.1 Å². The van der Waals surface area contributed by atoms with Gasteiger partial charge in [0.1, 0.15) is 16.3 Å². The molecule has 5 nitrogen and oxygen atoms in total. The molecule has 0 bridgehead atoms. The van der Waals surface area contributed by atoms with Gasteiger partial charge in [-0.2, -0.15) is 0 Å². The van der Waals surface area contributed by atoms with Crippen molar-refractivity contribution in [2.24, 2.45) is 0 Å². The van der Waals surface area contributed by atoms with Crippen LogP contribution in [0.2, 0.25) is 5.02 Å². The number of thiophene rings is 1. The van der Waals surface area contributed by atoms with Crippen molar-refractivity contribution >= 4 is 39.8 Å². The normalized spacial score (nSPS) is 10.4. The molecule has 1 aromatic heterocycles. The molecule has 0 spiro atoms. The molecule has 0 saturated carbocycles. The number of ether oxygens (including phenoxy) is 2. The minimum absolute atomic E-state index is 0.238. The summed E-state index contributed by atoms with van der Waals surface area (Å²) in [5.74, 6) is -0.0585. The van der Waals surface area contributed by atoms with Gasteiger partial charge in [-0.1, -0.05) is 23.7 Å². The summed E-state index contributed by atoms with van der Waals surface area (Å²) in [7, 11) is 0. The third-order valence-electron chi connectivity index (χ3n) is 4.08. The van der Waals surface area contributed by atoms with Crippen molar-refractivity contribution < 1.29 is 19.1 Å². The average Bonchev–Trinajstić information content (AvgIpc) is 3.13. The van der Waals surface area contributed by atoms with Crippen LogP contribution in [0.5, 0.6) is 5.75 Å². The summed E-state index contributed by atoms with van der Waals surface area (Å²) in [6.07, 6.45) is 0. The van der Waals surface area contributed by atoms with Gasteiger partial charge in [0.25, 0.3) is 5.91 Å². The number of carbonyl (C=O) groups is 2. The van der Waals surface area contributed by atoms with Gasteiger partial charge in [-0.15, -0.1) is 11.3 Å². The lowest BCUT2D eigenvalue weighted by Crippen LogP contribution is -2.14. The van der Waals surface area contributed by atoms with Crippen LogP contribution in [0.3, 0.4) is 0 Å². The summed E-state index contributed by atoms with van der Waals surface area (Å²) in [5.41, 5.74) is 2.31. The van der Waals surface area contributed by atoms with E-state index in [9.17, 15) is 9.59 Å². The van der Waals surface area contributed by atoms with E-state index in [4.69, 9.17) is 21.1 Å². The number of amides is 1. The van der Waals surface area contributed by atoms with Crippen LogP contribution in [0.25, 0.3) is 11.1 Å². The van der Waals surface area contributed by atoms with E-state index < -0.39 is 5.97 Å². The minimum atomic E-state index is -0.482. The number of carbonyl (C=O) groups excluding carboxylic acids is 2. The van der Waals surface area contributed by atoms with Crippen molar-refractivity contribution in [1.82, 2.24) is 0 Å². The first-order valence-corrected chi connectivity index (χ1v) is 10.4. The molecular weight excluding hydrogens is 410 g/mol. The molecule has 2 aromatic carbocycles. The molecule has 0 aliphatic carbocycles. The van der Waals surface area contributed by atoms with E-state index in [1.54, 1.807) is 31.2 Å². The first-order chi connectivity index (χ1) is 14.0. The Morgan fingerprint density at radius 3 is 2.31 bits per heavy atom. The van der Waals surface area contributed by atoms with E-state index in [2.05, 4.69) is 5.32 Å². The lowest BCUT2D eigenvalue weighted by atomic mass is 10.0. The smallest absolute Gasteiger partial charge is 0.341 e. The highest BCUT2D eigenvalue weighted by Gasteiger charge is 2.23. The van der Waals surface area contributed by atoms with E-state index in [1.807, 2.05) is 36.6 Å². The number of hydrogen-bond acceptors (Lipinski definition) is 5. The first-order valence-electron chi connectivity index (χ1n) is 9.12. The van der Waals surface area contributed by atoms with Gasteiger partial charge in [-0.25, -0.2) is 4.79 Å². The molecule has 1 amide bonds. The van der Waals surface area contributed by atoms with Crippen LogP contribution in [0.15, 0.2) is 53.9 Å². The second kappa shape index (κ2) is 9.58. The molecule has 3 rings (SSSR count). The van der Waals surface area contributed by atoms with Crippen LogP contribution in [0.1, 0.15) is 34.6 Å². The molecule has 150 valence electrons. The van der Waals surface area contributed by atoms with Crippen LogP contribution in [0, 0.1) is 0 Å². The Morgan fingerprint density at radius 1 is 1.00 bits per heavy atom. The van der Waals surface area contributed by atoms with Crippen LogP contribution in [0.4, 0.5) is 5.00 Å². The van der Waals surface area contributed by atoms with Crippen molar-refractivity contribution in [1.29, 1.82) is 0 Å². The predicted molar refractivity (Wildman–Crippen MR) is 116 cm³/mol. The van der Waals surface area contributed by atoms with Crippen molar-refractivity contribution in [3.63, 3.8) is 0 Å². The fraction of sp³-hybridized carbons (Fsp3) is 0.182. The molecule has 7 heteroatoms. The van der Waals surface area contributed by atoms with Crippen molar-refractivity contribution in [2.45, 2.75) is 13.8 Å². The van der Waals surface area contributed by atoms with Gasteiger partial charge in [0.2, 0.25) is 0 Å². The number of hydrogen-bond donors (Lipinski definition) is 1. The SMILES string of the molecule is CCOC(=O)c1c(-c2ccc(OCC)cc2)csc1NC(=O)c1ccc(Cl)cc1. The maximum atomic E-state index is 12.6. The Balaban J connectivity index is 1.94. The van der Waals surface area contributed by atoms with Gasteiger partial charge in [0.15, 0.2) is 0 Å². The maximum Gasteiger partial charge on any atom is 0.341 e. The van der Waals surface area contributed by atoms with E-state index in [-0.39, 0.29) is 12.5 Å². The van der Waals surface area contributed by atoms with Gasteiger partial charge < -0.3 is 14.8 Å². The molecular formula is C22H20ClNO4S. The molecule has 0 aliphatic heterocycles. The van der Waals surface area contributed by atoms with Gasteiger partial charge in [0, 0.05) is 21.5 Å². The van der Waals surface area contributed by atoms with Gasteiger partial charge in [-0.3, -0.25) is 4.79 Å². The third-order valence-corrected chi connectivity index (χ3v) is 5.23. The highest BCUT2D eigenvalue weighted by Crippen LogP contribution is 2.37. The summed E-state index contributed by atoms with van der Waals surface area (Å²) in [6, 6.07) is 14.0. The number of halogens is 1. The Morgan fingerprint density at radius 2 is 1.69 bits per heavy atom. The molecule has 3 aromatic rings. The Hall–Kier alpha value is -2.83. The highest BCUT2D eigenvalue weighted by atomic mass is 35.5. The van der Waals surface area contributed by atoms with Crippen LogP contribution in [-0.4, -0.2) is 25.1 Å². The lowest BCUT2D eigenvalue weighted by Gasteiger charge is -2.09. The molecule has 1 N–H and O–H groups in total. The summed E-state index contributed by atoms with van der Waals surface area (Å²) in [4.78, 5) is 25.2. The summed E-state index contributed by atoms with van der Waals surface area (Å²) >= 11 is 7.16. The fourth-order valence-corrected chi connectivity index (χ4v) is 3.82. The van der Waals surface area contributed by atoms with E-state index >= 15 is 0 Å². The Kier molecular flexibility index (Phi) is 6.90. The van der Waals surface area contributed by atoms with E-state index in [0.29, 0.717) is 33.3 Å². The topological polar surface area (TPSA) is 64.6 Å². The number of anilines is 1. The minimum Gasteiger partial charge on any atom is -0.494 e. The fourth-order valence-electron chi connectivity index (χ4n) is 2.74. The van der Waals surface area contributed by atoms with Gasteiger partial charge in [0.05, 0.1) is 13.2 Å². The van der Waals surface area contributed by atoms with Crippen molar-refractivity contribution in [3.05, 3.63) is 70.1 Å². The van der Waals surface area contributed by atoms with E-state index in [1.165, 1.54) is 11.3 Å². The lowest BCUT2D eigenvalue weighted by molar-refractivity contribution is 0.0529. The molecule has 1 heterocycles. The summed E-state index contributed by atoms with van der Waals surface area (Å²) < 4.78 is 10.7. The summed E-state index contributed by atoms with van der Waals surface area (Å²) in [5, 5.41) is 5.63. The average molecular weight is 430 g/mol. The zero-order valence-electron chi connectivity index (χ0n) is 16.0. The molecule has 0 saturated heterocycles. The standard InChI is InChI=1S/C22H20ClNO4S/c1-3-27-17-11-7-14(8-12-17)18-13-29-21(19(18)22(26)28-4-2)24-20(25)15-5-9-16(23)10-6-15/h5-13H,3-4H2,1-2H3,(H,24,25). The zero-order valence-corrected chi connectivity index (χ0v) is 17.6. The molecule has 29 heavy (non-hydrogen) atoms. The molecule has 0 radical (unpaired) electrons. The molecule has 0 fully saturated rings. The van der Waals surface area contributed by atoms with Crippen LogP contribution in [-0.2, 0) is 4.74 Å². The Bertz CT molecular complexity index is 997. The second-order valence-electron chi connectivity index (χ2n) is 5.99. The summed E-state index contributed by atoms with van der Waals surface area (Å²) in [6.45, 7) is 4.47. The molecule has 0 aliphatic rings. The number of nitrogens with one attached hydrogen (secondary N) is 1. The monoisotopic (exact) mass is 429 g/mol.